The first kappa shape index (κ1) is 12.8. The zero-order valence-corrected chi connectivity index (χ0v) is 7.55. The van der Waals surface area contributed by atoms with E-state index >= 15 is 0 Å². The minimum Gasteiger partial charge on any atom is -0.466 e. The van der Waals surface area contributed by atoms with Crippen LogP contribution in [-0.2, 0) is 9.53 Å². The molecule has 0 heterocycles. The van der Waals surface area contributed by atoms with Crippen molar-refractivity contribution in [2.24, 2.45) is 0 Å². The zero-order valence-electron chi connectivity index (χ0n) is 7.55. The summed E-state index contributed by atoms with van der Waals surface area (Å²) < 4.78 is 4.27. The van der Waals surface area contributed by atoms with E-state index in [1.807, 2.05) is 0 Å². The smallest absolute Gasteiger partial charge is 0.332 e. The topological polar surface area (TPSA) is 46.5 Å². The number of esters is 1. The highest BCUT2D eigenvalue weighted by atomic mass is 16.5. The fraction of sp³-hybridized carbons (Fsp3) is 0.625. The van der Waals surface area contributed by atoms with Crippen molar-refractivity contribution in [1.29, 1.82) is 0 Å². The third-order valence-electron chi connectivity index (χ3n) is 0.534. The minimum absolute atomic E-state index is 0.167. The largest absolute Gasteiger partial charge is 0.466 e. The average molecular weight is 160 g/mol. The number of rotatable bonds is 1. The fourth-order valence-corrected chi connectivity index (χ4v) is 0.174. The van der Waals surface area contributed by atoms with Crippen LogP contribution in [-0.4, -0.2) is 24.3 Å². The van der Waals surface area contributed by atoms with E-state index in [-0.39, 0.29) is 12.1 Å². The van der Waals surface area contributed by atoms with E-state index in [1.54, 1.807) is 20.8 Å². The average Bonchev–Trinajstić information content (AvgIpc) is 1.85. The summed E-state index contributed by atoms with van der Waals surface area (Å²) >= 11 is 0. The van der Waals surface area contributed by atoms with Crippen molar-refractivity contribution in [3.05, 3.63) is 12.2 Å². The van der Waals surface area contributed by atoms with Crippen LogP contribution in [0.3, 0.4) is 0 Å². The molecule has 0 bridgehead atoms. The number of carbonyl (C=O) groups excluding carboxylic acids is 1. The van der Waals surface area contributed by atoms with E-state index in [2.05, 4.69) is 11.3 Å². The molecule has 3 heteroatoms. The van der Waals surface area contributed by atoms with Crippen molar-refractivity contribution < 1.29 is 14.6 Å². The van der Waals surface area contributed by atoms with Crippen LogP contribution in [0.4, 0.5) is 0 Å². The zero-order chi connectivity index (χ0) is 9.44. The van der Waals surface area contributed by atoms with Crippen LogP contribution in [0.2, 0.25) is 0 Å². The first-order chi connectivity index (χ1) is 4.91. The van der Waals surface area contributed by atoms with Gasteiger partial charge in [0, 0.05) is 11.7 Å². The van der Waals surface area contributed by atoms with Gasteiger partial charge in [-0.2, -0.15) is 0 Å². The third kappa shape index (κ3) is 17.6. The van der Waals surface area contributed by atoms with Crippen molar-refractivity contribution in [1.82, 2.24) is 0 Å². The molecular formula is C8H16O3. The number of carbonyl (C=O) groups is 1. The number of ether oxygens (including phenoxy) is 1. The van der Waals surface area contributed by atoms with E-state index in [0.717, 1.165) is 0 Å². The molecule has 0 aromatic carbocycles. The second-order valence-electron chi connectivity index (χ2n) is 2.37. The van der Waals surface area contributed by atoms with Crippen molar-refractivity contribution in [3.63, 3.8) is 0 Å². The second-order valence-corrected chi connectivity index (χ2v) is 2.37. The lowest BCUT2D eigenvalue weighted by atomic mass is 10.4. The quantitative estimate of drug-likeness (QED) is 0.462. The molecule has 11 heavy (non-hydrogen) atoms. The molecule has 0 amide bonds. The fourth-order valence-electron chi connectivity index (χ4n) is 0.174. The van der Waals surface area contributed by atoms with Gasteiger partial charge in [0.1, 0.15) is 0 Å². The molecule has 0 aliphatic heterocycles. The molecule has 0 atom stereocenters. The van der Waals surface area contributed by atoms with Crippen LogP contribution >= 0.6 is 0 Å². The summed E-state index contributed by atoms with van der Waals surface area (Å²) in [5, 5.41) is 8.06. The Hall–Kier alpha value is -0.830. The normalized spacial score (nSPS) is 8.18. The van der Waals surface area contributed by atoms with Crippen LogP contribution in [0.5, 0.6) is 0 Å². The van der Waals surface area contributed by atoms with E-state index in [0.29, 0.717) is 5.57 Å². The van der Waals surface area contributed by atoms with E-state index in [9.17, 15) is 4.79 Å². The Kier molecular flexibility index (Phi) is 8.48. The number of aliphatic hydroxyl groups excluding tert-OH is 1. The first-order valence-electron chi connectivity index (χ1n) is 3.33. The van der Waals surface area contributed by atoms with Crippen LogP contribution < -0.4 is 0 Å². The number of aliphatic hydroxyl groups is 1. The van der Waals surface area contributed by atoms with Gasteiger partial charge in [0.15, 0.2) is 0 Å². The van der Waals surface area contributed by atoms with Crippen molar-refractivity contribution >= 4 is 5.97 Å². The van der Waals surface area contributed by atoms with Crippen LogP contribution in [0.25, 0.3) is 0 Å². The van der Waals surface area contributed by atoms with Gasteiger partial charge in [-0.3, -0.25) is 0 Å². The molecule has 0 saturated heterocycles. The highest BCUT2D eigenvalue weighted by molar-refractivity contribution is 5.86. The lowest BCUT2D eigenvalue weighted by Gasteiger charge is -1.91. The number of hydrogen-bond acceptors (Lipinski definition) is 3. The van der Waals surface area contributed by atoms with Gasteiger partial charge in [0.2, 0.25) is 0 Å². The van der Waals surface area contributed by atoms with E-state index in [4.69, 9.17) is 5.11 Å². The molecule has 0 aromatic heterocycles. The van der Waals surface area contributed by atoms with Crippen LogP contribution in [0.15, 0.2) is 12.2 Å². The second kappa shape index (κ2) is 7.28. The standard InChI is InChI=1S/C5H8O2.C3H8O/c1-4(2)5(6)7-3;1-3(2)4/h1H2,2-3H3;3-4H,1-2H3. The lowest BCUT2D eigenvalue weighted by molar-refractivity contribution is -0.136. The van der Waals surface area contributed by atoms with Gasteiger partial charge in [-0.1, -0.05) is 6.58 Å². The Morgan fingerprint density at radius 3 is 1.82 bits per heavy atom. The van der Waals surface area contributed by atoms with E-state index in [1.165, 1.54) is 7.11 Å². The van der Waals surface area contributed by atoms with Gasteiger partial charge in [-0.15, -0.1) is 0 Å². The van der Waals surface area contributed by atoms with Crippen molar-refractivity contribution in [3.8, 4) is 0 Å². The van der Waals surface area contributed by atoms with Crippen molar-refractivity contribution in [2.45, 2.75) is 26.9 Å². The predicted molar refractivity (Wildman–Crippen MR) is 44.2 cm³/mol. The van der Waals surface area contributed by atoms with Gasteiger partial charge in [0.05, 0.1) is 7.11 Å². The lowest BCUT2D eigenvalue weighted by Crippen LogP contribution is -1.98. The first-order valence-corrected chi connectivity index (χ1v) is 3.33. The maximum absolute atomic E-state index is 10.2. The Labute approximate surface area is 67.7 Å². The monoisotopic (exact) mass is 160 g/mol. The van der Waals surface area contributed by atoms with Gasteiger partial charge in [-0.25, -0.2) is 4.79 Å². The number of methoxy groups -OCH3 is 1. The molecule has 0 saturated carbocycles. The molecule has 0 fully saturated rings. The molecular weight excluding hydrogens is 144 g/mol. The highest BCUT2D eigenvalue weighted by Crippen LogP contribution is 1.87. The van der Waals surface area contributed by atoms with Crippen molar-refractivity contribution in [2.75, 3.05) is 7.11 Å². The summed E-state index contributed by atoms with van der Waals surface area (Å²) in [5.41, 5.74) is 0.433. The molecule has 0 aliphatic rings. The molecule has 0 unspecified atom stereocenters. The summed E-state index contributed by atoms with van der Waals surface area (Å²) in [4.78, 5) is 10.2. The Balaban J connectivity index is 0. The Morgan fingerprint density at radius 2 is 1.82 bits per heavy atom. The van der Waals surface area contributed by atoms with Gasteiger partial charge < -0.3 is 9.84 Å². The number of hydrogen-bond donors (Lipinski definition) is 1. The van der Waals surface area contributed by atoms with Crippen LogP contribution in [0, 0.1) is 0 Å². The molecule has 3 nitrogen and oxygen atoms in total. The third-order valence-corrected chi connectivity index (χ3v) is 0.534. The molecule has 1 N–H and O–H groups in total. The Bertz CT molecular complexity index is 125. The summed E-state index contributed by atoms with van der Waals surface area (Å²) in [6, 6.07) is 0. The highest BCUT2D eigenvalue weighted by Gasteiger charge is 1.95. The molecule has 0 radical (unpaired) electrons. The molecule has 0 aromatic rings. The minimum atomic E-state index is -0.347. The van der Waals surface area contributed by atoms with Crippen LogP contribution in [0.1, 0.15) is 20.8 Å². The molecule has 0 aliphatic carbocycles. The SMILES string of the molecule is C=C(C)C(=O)OC.CC(C)O. The maximum Gasteiger partial charge on any atom is 0.332 e. The van der Waals surface area contributed by atoms with Gasteiger partial charge >= 0.3 is 5.97 Å². The Morgan fingerprint density at radius 1 is 1.55 bits per heavy atom. The van der Waals surface area contributed by atoms with Gasteiger partial charge in [0.25, 0.3) is 0 Å². The maximum atomic E-state index is 10.2. The summed E-state index contributed by atoms with van der Waals surface area (Å²) in [5.74, 6) is -0.347. The predicted octanol–water partition coefficient (Wildman–Crippen LogP) is 1.12. The van der Waals surface area contributed by atoms with Gasteiger partial charge in [-0.05, 0) is 20.8 Å². The molecule has 0 spiro atoms. The molecule has 0 rings (SSSR count). The molecule has 66 valence electrons. The summed E-state index contributed by atoms with van der Waals surface area (Å²) in [6.45, 7) is 8.40. The van der Waals surface area contributed by atoms with E-state index < -0.39 is 0 Å². The summed E-state index contributed by atoms with van der Waals surface area (Å²) in [7, 11) is 1.33. The summed E-state index contributed by atoms with van der Waals surface area (Å²) in [6.07, 6.45) is -0.167.